The van der Waals surface area contributed by atoms with Crippen molar-refractivity contribution in [2.75, 3.05) is 38.3 Å². The summed E-state index contributed by atoms with van der Waals surface area (Å²) in [6.45, 7) is 4.90. The molecule has 2 N–H and O–H groups in total. The van der Waals surface area contributed by atoms with Gasteiger partial charge in [-0.25, -0.2) is 0 Å². The lowest BCUT2D eigenvalue weighted by Crippen LogP contribution is -2.49. The van der Waals surface area contributed by atoms with Crippen LogP contribution in [0.2, 0.25) is 0 Å². The Balaban J connectivity index is 1.48. The SMILES string of the molecule is COCCCOC(c1ccccc1)C1CCCN(c2c(C[C@@H](CC3CCCCC3)[C@H](C)N)c(=O)c2=O)C1. The van der Waals surface area contributed by atoms with E-state index in [-0.39, 0.29) is 34.8 Å². The van der Waals surface area contributed by atoms with Crippen molar-refractivity contribution in [3.05, 3.63) is 61.9 Å². The summed E-state index contributed by atoms with van der Waals surface area (Å²) in [5.41, 5.74) is 8.37. The number of benzene rings is 1. The van der Waals surface area contributed by atoms with Crippen molar-refractivity contribution in [3.8, 4) is 0 Å². The Bertz CT molecular complexity index is 1020. The fourth-order valence-corrected chi connectivity index (χ4v) is 6.57. The summed E-state index contributed by atoms with van der Waals surface area (Å²) in [6, 6.07) is 10.4. The van der Waals surface area contributed by atoms with Crippen LogP contribution in [0.1, 0.15) is 81.9 Å². The van der Waals surface area contributed by atoms with Gasteiger partial charge in [0.15, 0.2) is 0 Å². The fraction of sp³-hybridized carbons (Fsp3) is 0.677. The van der Waals surface area contributed by atoms with Gasteiger partial charge in [-0.15, -0.1) is 0 Å². The quantitative estimate of drug-likeness (QED) is 0.309. The van der Waals surface area contributed by atoms with Crippen molar-refractivity contribution in [3.63, 3.8) is 0 Å². The van der Waals surface area contributed by atoms with Crippen LogP contribution < -0.4 is 21.5 Å². The van der Waals surface area contributed by atoms with Crippen molar-refractivity contribution < 1.29 is 9.47 Å². The highest BCUT2D eigenvalue weighted by molar-refractivity contribution is 5.59. The van der Waals surface area contributed by atoms with E-state index in [1.54, 1.807) is 7.11 Å². The molecule has 2 aromatic rings. The number of anilines is 1. The number of piperidine rings is 1. The molecule has 2 unspecified atom stereocenters. The minimum absolute atomic E-state index is 0.0104. The third kappa shape index (κ3) is 7.10. The van der Waals surface area contributed by atoms with Crippen molar-refractivity contribution in [2.45, 2.75) is 83.3 Å². The second-order valence-electron chi connectivity index (χ2n) is 11.4. The Morgan fingerprint density at radius 1 is 1.00 bits per heavy atom. The van der Waals surface area contributed by atoms with Crippen LogP contribution in [0.4, 0.5) is 5.69 Å². The molecule has 6 heteroatoms. The van der Waals surface area contributed by atoms with Gasteiger partial charge in [-0.05, 0) is 56.4 Å². The van der Waals surface area contributed by atoms with Crippen molar-refractivity contribution in [1.29, 1.82) is 0 Å². The molecule has 1 heterocycles. The van der Waals surface area contributed by atoms with Crippen molar-refractivity contribution >= 4 is 5.69 Å². The normalized spacial score (nSPS) is 21.7. The Morgan fingerprint density at radius 2 is 1.76 bits per heavy atom. The molecule has 6 nitrogen and oxygen atoms in total. The minimum atomic E-state index is -0.311. The maximum absolute atomic E-state index is 12.9. The third-order valence-electron chi connectivity index (χ3n) is 8.67. The Hall–Kier alpha value is -2.02. The number of rotatable bonds is 13. The number of nitrogens with zero attached hydrogens (tertiary/aromatic N) is 1. The number of ether oxygens (including phenoxy) is 2. The molecule has 1 aliphatic heterocycles. The Morgan fingerprint density at radius 3 is 2.46 bits per heavy atom. The van der Waals surface area contributed by atoms with Crippen LogP contribution in [0.25, 0.3) is 0 Å². The molecule has 0 amide bonds. The van der Waals surface area contributed by atoms with E-state index in [0.29, 0.717) is 31.2 Å². The molecule has 37 heavy (non-hydrogen) atoms. The number of methoxy groups -OCH3 is 1. The second kappa shape index (κ2) is 13.7. The van der Waals surface area contributed by atoms with Crippen LogP contribution in [-0.4, -0.2) is 39.5 Å². The smallest absolute Gasteiger partial charge is 0.249 e. The highest BCUT2D eigenvalue weighted by atomic mass is 16.5. The first-order valence-corrected chi connectivity index (χ1v) is 14.5. The largest absolute Gasteiger partial charge is 0.385 e. The molecule has 204 valence electrons. The molecule has 1 aliphatic carbocycles. The summed E-state index contributed by atoms with van der Waals surface area (Å²) in [6.07, 6.45) is 11.0. The van der Waals surface area contributed by atoms with Gasteiger partial charge in [0.25, 0.3) is 0 Å². The van der Waals surface area contributed by atoms with Gasteiger partial charge in [-0.2, -0.15) is 0 Å². The molecule has 2 aliphatic rings. The maximum Gasteiger partial charge on any atom is 0.249 e. The van der Waals surface area contributed by atoms with Crippen LogP contribution >= 0.6 is 0 Å². The van der Waals surface area contributed by atoms with Gasteiger partial charge < -0.3 is 20.1 Å². The lowest BCUT2D eigenvalue weighted by molar-refractivity contribution is -0.00238. The Labute approximate surface area is 222 Å². The molecule has 4 rings (SSSR count). The van der Waals surface area contributed by atoms with E-state index < -0.39 is 0 Å². The molecule has 0 aromatic heterocycles. The summed E-state index contributed by atoms with van der Waals surface area (Å²) in [5.74, 6) is 1.19. The first kappa shape index (κ1) is 28.0. The highest BCUT2D eigenvalue weighted by Gasteiger charge is 2.35. The molecular weight excluding hydrogens is 464 g/mol. The van der Waals surface area contributed by atoms with E-state index in [2.05, 4.69) is 36.1 Å². The van der Waals surface area contributed by atoms with Gasteiger partial charge in [0, 0.05) is 50.9 Å². The van der Waals surface area contributed by atoms with Crippen LogP contribution in [0, 0.1) is 17.8 Å². The second-order valence-corrected chi connectivity index (χ2v) is 11.4. The standard InChI is InChI=1S/C31H46N2O4/c1-22(32)26(19-23-11-5-3-6-12-23)20-27-28(30(35)29(27)34)33-16-9-15-25(21-33)31(37-18-10-17-36-2)24-13-7-4-8-14-24/h4,7-8,13-14,22-23,25-26,31H,3,5-6,9-12,15-21,32H2,1-2H3/t22-,25?,26+,31?/m0/s1. The number of hydrogen-bond donors (Lipinski definition) is 1. The summed E-state index contributed by atoms with van der Waals surface area (Å²) in [5, 5.41) is 0. The molecule has 0 radical (unpaired) electrons. The van der Waals surface area contributed by atoms with E-state index in [1.807, 2.05) is 6.07 Å². The van der Waals surface area contributed by atoms with Gasteiger partial charge in [0.1, 0.15) is 0 Å². The Kier molecular flexibility index (Phi) is 10.4. The van der Waals surface area contributed by atoms with Gasteiger partial charge in [-0.1, -0.05) is 62.4 Å². The van der Waals surface area contributed by atoms with Crippen molar-refractivity contribution in [2.24, 2.45) is 23.5 Å². The van der Waals surface area contributed by atoms with E-state index in [1.165, 1.54) is 37.7 Å². The topological polar surface area (TPSA) is 81.9 Å². The summed E-state index contributed by atoms with van der Waals surface area (Å²) >= 11 is 0. The molecule has 1 saturated heterocycles. The lowest BCUT2D eigenvalue weighted by atomic mass is 9.78. The van der Waals surface area contributed by atoms with Crippen LogP contribution in [0.3, 0.4) is 0 Å². The van der Waals surface area contributed by atoms with E-state index in [0.717, 1.165) is 44.3 Å². The van der Waals surface area contributed by atoms with Gasteiger partial charge in [-0.3, -0.25) is 9.59 Å². The maximum atomic E-state index is 12.9. The lowest BCUT2D eigenvalue weighted by Gasteiger charge is -2.39. The van der Waals surface area contributed by atoms with Crippen LogP contribution in [-0.2, 0) is 15.9 Å². The molecular formula is C31H46N2O4. The molecule has 4 atom stereocenters. The zero-order chi connectivity index (χ0) is 26.2. The van der Waals surface area contributed by atoms with Crippen LogP contribution in [0.15, 0.2) is 39.9 Å². The molecule has 1 saturated carbocycles. The predicted octanol–water partition coefficient (Wildman–Crippen LogP) is 4.77. The molecule has 0 spiro atoms. The highest BCUT2D eigenvalue weighted by Crippen LogP contribution is 2.36. The summed E-state index contributed by atoms with van der Waals surface area (Å²) in [7, 11) is 1.71. The zero-order valence-corrected chi connectivity index (χ0v) is 22.8. The van der Waals surface area contributed by atoms with Crippen molar-refractivity contribution in [1.82, 2.24) is 0 Å². The average Bonchev–Trinajstić information content (AvgIpc) is 2.93. The monoisotopic (exact) mass is 510 g/mol. The number of nitrogens with two attached hydrogens (primary N) is 1. The first-order chi connectivity index (χ1) is 18.0. The van der Waals surface area contributed by atoms with Crippen LogP contribution in [0.5, 0.6) is 0 Å². The first-order valence-electron chi connectivity index (χ1n) is 14.5. The van der Waals surface area contributed by atoms with Gasteiger partial charge in [0.2, 0.25) is 10.9 Å². The number of hydrogen-bond acceptors (Lipinski definition) is 6. The predicted molar refractivity (Wildman–Crippen MR) is 150 cm³/mol. The fourth-order valence-electron chi connectivity index (χ4n) is 6.57. The average molecular weight is 511 g/mol. The minimum Gasteiger partial charge on any atom is -0.385 e. The molecule has 2 aromatic carbocycles. The van der Waals surface area contributed by atoms with E-state index in [4.69, 9.17) is 15.2 Å². The summed E-state index contributed by atoms with van der Waals surface area (Å²) in [4.78, 5) is 27.9. The van der Waals surface area contributed by atoms with Gasteiger partial charge in [0.05, 0.1) is 11.8 Å². The summed E-state index contributed by atoms with van der Waals surface area (Å²) < 4.78 is 11.6. The molecule has 2 fully saturated rings. The van der Waals surface area contributed by atoms with E-state index >= 15 is 0 Å². The zero-order valence-electron chi connectivity index (χ0n) is 22.8. The molecule has 0 bridgehead atoms. The van der Waals surface area contributed by atoms with E-state index in [9.17, 15) is 9.59 Å². The third-order valence-corrected chi connectivity index (χ3v) is 8.67. The van der Waals surface area contributed by atoms with Gasteiger partial charge >= 0.3 is 0 Å².